The second kappa shape index (κ2) is 8.51. The highest BCUT2D eigenvalue weighted by atomic mass is 32.2. The molecule has 0 bridgehead atoms. The van der Waals surface area contributed by atoms with E-state index >= 15 is 0 Å². The minimum absolute atomic E-state index is 0.185. The van der Waals surface area contributed by atoms with E-state index in [1.807, 2.05) is 22.6 Å². The molecule has 0 amide bonds. The maximum absolute atomic E-state index is 13.4. The SMILES string of the molecule is O=c1c2ccccc2n2c(CN3CCN(S(=O)(=O)C4CC4)CC3)nnc2n1Cc1ccc(F)cc1. The molecule has 2 fully saturated rings. The molecule has 182 valence electrons. The van der Waals surface area contributed by atoms with Crippen LogP contribution in [0.25, 0.3) is 16.7 Å². The van der Waals surface area contributed by atoms with Gasteiger partial charge in [-0.1, -0.05) is 24.3 Å². The third-order valence-corrected chi connectivity index (χ3v) is 9.23. The molecule has 2 aromatic carbocycles. The molecule has 6 rings (SSSR count). The monoisotopic (exact) mass is 496 g/mol. The number of para-hydroxylation sites is 1. The van der Waals surface area contributed by atoms with Gasteiger partial charge in [0.25, 0.3) is 5.56 Å². The van der Waals surface area contributed by atoms with E-state index in [2.05, 4.69) is 15.1 Å². The van der Waals surface area contributed by atoms with Crippen molar-refractivity contribution < 1.29 is 12.8 Å². The van der Waals surface area contributed by atoms with Crippen molar-refractivity contribution in [1.82, 2.24) is 28.4 Å². The molecule has 1 aliphatic carbocycles. The number of rotatable bonds is 6. The van der Waals surface area contributed by atoms with Gasteiger partial charge in [0, 0.05) is 26.2 Å². The van der Waals surface area contributed by atoms with Crippen molar-refractivity contribution in [3.63, 3.8) is 0 Å². The molecule has 1 saturated carbocycles. The Labute approximate surface area is 201 Å². The predicted molar refractivity (Wildman–Crippen MR) is 129 cm³/mol. The van der Waals surface area contributed by atoms with E-state index in [0.717, 1.165) is 23.9 Å². The van der Waals surface area contributed by atoms with Crippen LogP contribution in [0.1, 0.15) is 24.2 Å². The normalized spacial score (nSPS) is 18.0. The van der Waals surface area contributed by atoms with E-state index in [9.17, 15) is 17.6 Å². The highest BCUT2D eigenvalue weighted by Crippen LogP contribution is 2.31. The molecule has 9 nitrogen and oxygen atoms in total. The van der Waals surface area contributed by atoms with E-state index in [4.69, 9.17) is 0 Å². The van der Waals surface area contributed by atoms with Gasteiger partial charge >= 0.3 is 0 Å². The molecule has 35 heavy (non-hydrogen) atoms. The van der Waals surface area contributed by atoms with Crippen LogP contribution in [0.2, 0.25) is 0 Å². The average molecular weight is 497 g/mol. The van der Waals surface area contributed by atoms with Gasteiger partial charge in [-0.05, 0) is 42.7 Å². The van der Waals surface area contributed by atoms with Gasteiger partial charge in [-0.25, -0.2) is 12.8 Å². The molecular weight excluding hydrogens is 471 g/mol. The topological polar surface area (TPSA) is 92.8 Å². The Morgan fingerprint density at radius 1 is 0.914 bits per heavy atom. The van der Waals surface area contributed by atoms with Gasteiger partial charge in [-0.2, -0.15) is 4.31 Å². The van der Waals surface area contributed by atoms with Gasteiger partial charge in [-0.3, -0.25) is 18.7 Å². The molecule has 11 heteroatoms. The molecule has 1 aliphatic heterocycles. The van der Waals surface area contributed by atoms with Crippen LogP contribution in [-0.2, 0) is 23.1 Å². The standard InChI is InChI=1S/C24H25FN6O3S/c25-18-7-5-17(6-8-18)15-30-23(32)20-3-1-2-4-21(20)31-22(26-27-24(30)31)16-28-11-13-29(14-12-28)35(33,34)19-9-10-19/h1-8,19H,9-16H2. The van der Waals surface area contributed by atoms with Crippen molar-refractivity contribution in [3.05, 3.63) is 76.1 Å². The Bertz CT molecular complexity index is 1570. The number of fused-ring (bicyclic) bond motifs is 3. The van der Waals surface area contributed by atoms with Crippen molar-refractivity contribution in [2.75, 3.05) is 26.2 Å². The largest absolute Gasteiger partial charge is 0.293 e. The predicted octanol–water partition coefficient (Wildman–Crippen LogP) is 1.84. The summed E-state index contributed by atoms with van der Waals surface area (Å²) in [6, 6.07) is 13.4. The van der Waals surface area contributed by atoms with Crippen molar-refractivity contribution in [3.8, 4) is 0 Å². The van der Waals surface area contributed by atoms with Gasteiger partial charge < -0.3 is 0 Å². The van der Waals surface area contributed by atoms with Gasteiger partial charge in [-0.15, -0.1) is 10.2 Å². The number of halogens is 1. The van der Waals surface area contributed by atoms with Crippen LogP contribution >= 0.6 is 0 Å². The number of sulfonamides is 1. The zero-order valence-corrected chi connectivity index (χ0v) is 19.9. The molecule has 4 aromatic rings. The van der Waals surface area contributed by atoms with Crippen LogP contribution in [-0.4, -0.2) is 68.2 Å². The second-order valence-electron chi connectivity index (χ2n) is 9.21. The lowest BCUT2D eigenvalue weighted by Crippen LogP contribution is -2.49. The number of piperazine rings is 1. The Morgan fingerprint density at radius 2 is 1.63 bits per heavy atom. The maximum Gasteiger partial charge on any atom is 0.263 e. The first-order valence-electron chi connectivity index (χ1n) is 11.7. The van der Waals surface area contributed by atoms with Gasteiger partial charge in [0.15, 0.2) is 5.82 Å². The summed E-state index contributed by atoms with van der Waals surface area (Å²) in [4.78, 5) is 15.5. The van der Waals surface area contributed by atoms with Gasteiger partial charge in [0.1, 0.15) is 5.82 Å². The van der Waals surface area contributed by atoms with E-state index < -0.39 is 10.0 Å². The van der Waals surface area contributed by atoms with E-state index in [0.29, 0.717) is 49.7 Å². The summed E-state index contributed by atoms with van der Waals surface area (Å²) in [5, 5.41) is 9.14. The third-order valence-electron chi connectivity index (χ3n) is 6.83. The van der Waals surface area contributed by atoms with Crippen LogP contribution in [0.15, 0.2) is 53.3 Å². The number of aromatic nitrogens is 4. The first-order valence-corrected chi connectivity index (χ1v) is 13.2. The lowest BCUT2D eigenvalue weighted by Gasteiger charge is -2.33. The molecule has 0 unspecified atom stereocenters. The lowest BCUT2D eigenvalue weighted by molar-refractivity contribution is 0.177. The molecule has 0 atom stereocenters. The quantitative estimate of drug-likeness (QED) is 0.405. The fourth-order valence-electron chi connectivity index (χ4n) is 4.75. The molecule has 2 aliphatic rings. The van der Waals surface area contributed by atoms with E-state index in [-0.39, 0.29) is 23.2 Å². The van der Waals surface area contributed by atoms with Crippen molar-refractivity contribution in [2.45, 2.75) is 31.2 Å². The Hall–Kier alpha value is -3.15. The summed E-state index contributed by atoms with van der Waals surface area (Å²) in [6.07, 6.45) is 1.53. The molecule has 0 N–H and O–H groups in total. The van der Waals surface area contributed by atoms with Crippen LogP contribution in [0.3, 0.4) is 0 Å². The Morgan fingerprint density at radius 3 is 2.34 bits per heavy atom. The van der Waals surface area contributed by atoms with Gasteiger partial charge in [0.05, 0.1) is 29.2 Å². The summed E-state index contributed by atoms with van der Waals surface area (Å²) >= 11 is 0. The zero-order chi connectivity index (χ0) is 24.2. The average Bonchev–Trinajstić information content (AvgIpc) is 3.65. The summed E-state index contributed by atoms with van der Waals surface area (Å²) in [5.74, 6) is 0.769. The lowest BCUT2D eigenvalue weighted by atomic mass is 10.2. The number of hydrogen-bond acceptors (Lipinski definition) is 6. The smallest absolute Gasteiger partial charge is 0.263 e. The Balaban J connectivity index is 1.33. The van der Waals surface area contributed by atoms with Crippen LogP contribution < -0.4 is 5.56 Å². The zero-order valence-electron chi connectivity index (χ0n) is 19.0. The van der Waals surface area contributed by atoms with Gasteiger partial charge in [0.2, 0.25) is 15.8 Å². The third kappa shape index (κ3) is 4.03. The van der Waals surface area contributed by atoms with Crippen LogP contribution in [0, 0.1) is 5.82 Å². The Kier molecular flexibility index (Phi) is 5.42. The molecule has 3 heterocycles. The van der Waals surface area contributed by atoms with E-state index in [1.54, 1.807) is 27.1 Å². The highest BCUT2D eigenvalue weighted by Gasteiger charge is 2.41. The van der Waals surface area contributed by atoms with Crippen LogP contribution in [0.4, 0.5) is 4.39 Å². The molecular formula is C24H25FN6O3S. The second-order valence-corrected chi connectivity index (χ2v) is 11.4. The summed E-state index contributed by atoms with van der Waals surface area (Å²) in [5.41, 5.74) is 1.32. The van der Waals surface area contributed by atoms with Crippen molar-refractivity contribution >= 4 is 26.7 Å². The minimum atomic E-state index is -3.17. The molecule has 0 spiro atoms. The summed E-state index contributed by atoms with van der Waals surface area (Å²) in [6.45, 7) is 2.86. The van der Waals surface area contributed by atoms with E-state index in [1.165, 1.54) is 12.1 Å². The minimum Gasteiger partial charge on any atom is -0.293 e. The fourth-order valence-corrected chi connectivity index (χ4v) is 6.58. The highest BCUT2D eigenvalue weighted by molar-refractivity contribution is 7.90. The maximum atomic E-state index is 13.4. The van der Waals surface area contributed by atoms with Crippen molar-refractivity contribution in [1.29, 1.82) is 0 Å². The molecule has 1 saturated heterocycles. The van der Waals surface area contributed by atoms with Crippen molar-refractivity contribution in [2.24, 2.45) is 0 Å². The van der Waals surface area contributed by atoms with Crippen LogP contribution in [0.5, 0.6) is 0 Å². The summed E-state index contributed by atoms with van der Waals surface area (Å²) in [7, 11) is -3.17. The fraction of sp³-hybridized carbons (Fsp3) is 0.375. The number of benzene rings is 2. The molecule has 0 radical (unpaired) electrons. The first-order chi connectivity index (χ1) is 16.9. The number of hydrogen-bond donors (Lipinski definition) is 0. The number of nitrogens with zero attached hydrogens (tertiary/aromatic N) is 6. The molecule has 2 aromatic heterocycles. The first kappa shape index (κ1) is 22.3. The summed E-state index contributed by atoms with van der Waals surface area (Å²) < 4.78 is 43.6.